The fourth-order valence-electron chi connectivity index (χ4n) is 1.85. The Morgan fingerprint density at radius 3 is 2.40 bits per heavy atom. The molecule has 88 valence electrons. The molecule has 1 amide bonds. The minimum atomic E-state index is -1.20. The van der Waals surface area contributed by atoms with E-state index in [0.717, 1.165) is 0 Å². The quantitative estimate of drug-likeness (QED) is 0.570. The van der Waals surface area contributed by atoms with Crippen LogP contribution in [0.2, 0.25) is 0 Å². The molecule has 1 unspecified atom stereocenters. The van der Waals surface area contributed by atoms with Gasteiger partial charge in [-0.3, -0.25) is 0 Å². The van der Waals surface area contributed by atoms with Gasteiger partial charge in [-0.25, -0.2) is 0 Å². The van der Waals surface area contributed by atoms with Crippen LogP contribution in [-0.4, -0.2) is 57.3 Å². The van der Waals surface area contributed by atoms with Gasteiger partial charge in [0, 0.05) is 34.3 Å². The highest BCUT2D eigenvalue weighted by molar-refractivity contribution is 5.62. The summed E-state index contributed by atoms with van der Waals surface area (Å²) in [6.45, 7) is 0.518. The molecule has 1 saturated heterocycles. The summed E-state index contributed by atoms with van der Waals surface area (Å²) >= 11 is 0. The Balaban J connectivity index is 2.75. The smallest absolute Gasteiger partial charge is 0.197 e. The van der Waals surface area contributed by atoms with Crippen LogP contribution in [0.25, 0.3) is 0 Å². The van der Waals surface area contributed by atoms with Crippen molar-refractivity contribution in [3.8, 4) is 0 Å². The molecule has 1 aliphatic heterocycles. The van der Waals surface area contributed by atoms with E-state index in [9.17, 15) is 9.90 Å². The van der Waals surface area contributed by atoms with Crippen molar-refractivity contribution in [3.05, 3.63) is 0 Å². The van der Waals surface area contributed by atoms with E-state index in [-0.39, 0.29) is 6.54 Å². The van der Waals surface area contributed by atoms with E-state index in [1.807, 2.05) is 0 Å². The lowest BCUT2D eigenvalue weighted by atomic mass is 10.0. The third kappa shape index (κ3) is 2.22. The predicted molar refractivity (Wildman–Crippen MR) is 49.1 cm³/mol. The molecule has 0 bridgehead atoms. The fourth-order valence-corrected chi connectivity index (χ4v) is 1.85. The topological polar surface area (TPSA) is 71.1 Å². The maximum atomic E-state index is 10.7. The van der Waals surface area contributed by atoms with E-state index in [0.29, 0.717) is 13.0 Å². The Morgan fingerprint density at radius 2 is 2.00 bits per heavy atom. The van der Waals surface area contributed by atoms with Crippen LogP contribution in [0.5, 0.6) is 0 Å². The first-order chi connectivity index (χ1) is 7.09. The van der Waals surface area contributed by atoms with Crippen LogP contribution in [-0.2, 0) is 14.2 Å². The van der Waals surface area contributed by atoms with Crippen molar-refractivity contribution in [2.24, 2.45) is 0 Å². The van der Waals surface area contributed by atoms with Crippen LogP contribution < -0.4 is 5.11 Å². The van der Waals surface area contributed by atoms with Crippen LogP contribution in [0.3, 0.4) is 0 Å². The summed E-state index contributed by atoms with van der Waals surface area (Å²) in [5.41, 5.74) is 0. The normalized spacial score (nSPS) is 25.3. The molecule has 0 aromatic rings. The molecule has 1 fully saturated rings. The molecule has 0 N–H and O–H groups in total. The number of likely N-dealkylation sites (tertiary alicyclic amines) is 1. The van der Waals surface area contributed by atoms with Gasteiger partial charge in [-0.15, -0.1) is 0 Å². The Hall–Kier alpha value is -0.850. The molecule has 1 aliphatic rings. The van der Waals surface area contributed by atoms with Gasteiger partial charge in [-0.05, 0) is 0 Å². The van der Waals surface area contributed by atoms with Crippen molar-refractivity contribution in [2.75, 3.05) is 34.4 Å². The second-order valence-electron chi connectivity index (χ2n) is 3.41. The summed E-state index contributed by atoms with van der Waals surface area (Å²) in [7, 11) is 4.53. The van der Waals surface area contributed by atoms with Gasteiger partial charge < -0.3 is 29.0 Å². The van der Waals surface area contributed by atoms with Crippen molar-refractivity contribution in [2.45, 2.75) is 18.3 Å². The van der Waals surface area contributed by atoms with Gasteiger partial charge in [0.25, 0.3) is 0 Å². The molecule has 1 atom stereocenters. The monoisotopic (exact) mass is 218 g/mol. The van der Waals surface area contributed by atoms with Crippen LogP contribution in [0.1, 0.15) is 6.42 Å². The highest BCUT2D eigenvalue weighted by Crippen LogP contribution is 2.28. The summed E-state index contributed by atoms with van der Waals surface area (Å²) in [6, 6.07) is 0. The van der Waals surface area contributed by atoms with Gasteiger partial charge in [0.15, 0.2) is 5.79 Å². The maximum absolute atomic E-state index is 10.7. The first-order valence-electron chi connectivity index (χ1n) is 4.68. The number of methoxy groups -OCH3 is 3. The largest absolute Gasteiger partial charge is 0.530 e. The summed E-state index contributed by atoms with van der Waals surface area (Å²) in [6.07, 6.45) is -1.22. The first-order valence-corrected chi connectivity index (χ1v) is 4.68. The lowest BCUT2D eigenvalue weighted by molar-refractivity contribution is -0.300. The average Bonchev–Trinajstić information content (AvgIpc) is 2.27. The fraction of sp³-hybridized carbons (Fsp3) is 0.889. The second-order valence-corrected chi connectivity index (χ2v) is 3.41. The number of hydrogen-bond donors (Lipinski definition) is 0. The number of carbonyl (C=O) groups is 1. The molecular weight excluding hydrogens is 202 g/mol. The van der Waals surface area contributed by atoms with Crippen molar-refractivity contribution in [1.82, 2.24) is 4.90 Å². The Morgan fingerprint density at radius 1 is 1.40 bits per heavy atom. The number of hydrogen-bond acceptors (Lipinski definition) is 5. The van der Waals surface area contributed by atoms with Gasteiger partial charge in [0.05, 0.1) is 6.54 Å². The van der Waals surface area contributed by atoms with E-state index in [1.54, 1.807) is 0 Å². The molecule has 0 saturated carbocycles. The third-order valence-corrected chi connectivity index (χ3v) is 2.84. The van der Waals surface area contributed by atoms with Crippen molar-refractivity contribution >= 4 is 6.09 Å². The highest BCUT2D eigenvalue weighted by atomic mass is 16.7. The zero-order valence-corrected chi connectivity index (χ0v) is 9.19. The number of carboxylic acid groups (broad SMARTS) is 1. The second kappa shape index (κ2) is 4.78. The lowest BCUT2D eigenvalue weighted by Gasteiger charge is -2.45. The zero-order valence-electron chi connectivity index (χ0n) is 9.19. The number of nitrogens with zero attached hydrogens (tertiary/aromatic N) is 1. The molecule has 0 spiro atoms. The summed E-state index contributed by atoms with van der Waals surface area (Å²) in [5.74, 6) is -0.860. The summed E-state index contributed by atoms with van der Waals surface area (Å²) < 4.78 is 15.7. The molecule has 0 aromatic carbocycles. The molecule has 15 heavy (non-hydrogen) atoms. The molecule has 0 aliphatic carbocycles. The van der Waals surface area contributed by atoms with Crippen LogP contribution in [0.4, 0.5) is 4.79 Å². The van der Waals surface area contributed by atoms with Gasteiger partial charge >= 0.3 is 0 Å². The molecule has 0 radical (unpaired) electrons. The van der Waals surface area contributed by atoms with Crippen LogP contribution in [0, 0.1) is 0 Å². The SMILES string of the molecule is COC1CN(C(=O)[O-])CCC1(OC)OC. The number of ether oxygens (including phenoxy) is 3. The van der Waals surface area contributed by atoms with E-state index in [1.165, 1.54) is 26.2 Å². The summed E-state index contributed by atoms with van der Waals surface area (Å²) in [5, 5.41) is 10.7. The Labute approximate surface area is 88.7 Å². The van der Waals surface area contributed by atoms with Crippen LogP contribution >= 0.6 is 0 Å². The Bertz CT molecular complexity index is 229. The van der Waals surface area contributed by atoms with E-state index in [4.69, 9.17) is 14.2 Å². The maximum Gasteiger partial charge on any atom is 0.197 e. The molecule has 0 aromatic heterocycles. The minimum absolute atomic E-state index is 0.195. The number of amides is 1. The lowest BCUT2D eigenvalue weighted by Crippen LogP contribution is -2.61. The minimum Gasteiger partial charge on any atom is -0.530 e. The molecule has 1 rings (SSSR count). The van der Waals surface area contributed by atoms with Crippen molar-refractivity contribution < 1.29 is 24.1 Å². The standard InChI is InChI=1S/C9H17NO5/c1-13-7-6-10(8(11)12)5-4-9(7,14-2)15-3/h7H,4-6H2,1-3H3,(H,11,12)/p-1. The highest BCUT2D eigenvalue weighted by Gasteiger charge is 2.44. The van der Waals surface area contributed by atoms with E-state index >= 15 is 0 Å². The van der Waals surface area contributed by atoms with E-state index in [2.05, 4.69) is 0 Å². The first kappa shape index (κ1) is 12.2. The molecular formula is C9H16NO5-. The molecule has 6 heteroatoms. The number of piperidine rings is 1. The Kier molecular flexibility index (Phi) is 3.90. The third-order valence-electron chi connectivity index (χ3n) is 2.84. The number of carbonyl (C=O) groups excluding carboxylic acids is 1. The number of rotatable bonds is 3. The van der Waals surface area contributed by atoms with Crippen molar-refractivity contribution in [1.29, 1.82) is 0 Å². The van der Waals surface area contributed by atoms with E-state index < -0.39 is 18.0 Å². The van der Waals surface area contributed by atoms with Crippen molar-refractivity contribution in [3.63, 3.8) is 0 Å². The average molecular weight is 218 g/mol. The van der Waals surface area contributed by atoms with Gasteiger partial charge in [-0.2, -0.15) is 0 Å². The van der Waals surface area contributed by atoms with Gasteiger partial charge in [0.2, 0.25) is 0 Å². The molecule has 6 nitrogen and oxygen atoms in total. The van der Waals surface area contributed by atoms with Crippen LogP contribution in [0.15, 0.2) is 0 Å². The predicted octanol–water partition coefficient (Wildman–Crippen LogP) is -0.960. The van der Waals surface area contributed by atoms with Gasteiger partial charge in [0.1, 0.15) is 12.2 Å². The zero-order chi connectivity index (χ0) is 11.5. The van der Waals surface area contributed by atoms with Gasteiger partial charge in [-0.1, -0.05) is 0 Å². The molecule has 1 heterocycles. The summed E-state index contributed by atoms with van der Waals surface area (Å²) in [4.78, 5) is 11.9.